The molecule has 1 N–H and O–H groups in total. The second-order valence-corrected chi connectivity index (χ2v) is 4.87. The zero-order valence-electron chi connectivity index (χ0n) is 10.7. The van der Waals surface area contributed by atoms with Gasteiger partial charge in [-0.05, 0) is 25.7 Å². The van der Waals surface area contributed by atoms with Crippen molar-refractivity contribution in [1.29, 1.82) is 0 Å². The topological polar surface area (TPSA) is 49.8 Å². The third-order valence-corrected chi connectivity index (χ3v) is 3.78. The Balaban J connectivity index is 2.68. The van der Waals surface area contributed by atoms with Crippen LogP contribution in [0.3, 0.4) is 0 Å². The molecule has 0 spiro atoms. The molecule has 0 aliphatic carbocycles. The Labute approximate surface area is 97.6 Å². The van der Waals surface area contributed by atoms with Gasteiger partial charge in [0.05, 0.1) is 6.10 Å². The van der Waals surface area contributed by atoms with Gasteiger partial charge in [-0.2, -0.15) is 0 Å². The van der Waals surface area contributed by atoms with Crippen LogP contribution in [0.5, 0.6) is 0 Å². The molecule has 0 saturated carbocycles. The fraction of sp³-hybridized carbons (Fsp3) is 0.917. The second-order valence-electron chi connectivity index (χ2n) is 4.87. The van der Waals surface area contributed by atoms with Gasteiger partial charge in [-0.25, -0.2) is 0 Å². The number of methoxy groups -OCH3 is 1. The molecule has 0 aromatic rings. The number of amides is 1. The zero-order valence-corrected chi connectivity index (χ0v) is 10.7. The van der Waals surface area contributed by atoms with Crippen LogP contribution in [0.2, 0.25) is 0 Å². The van der Waals surface area contributed by atoms with Gasteiger partial charge >= 0.3 is 0 Å². The summed E-state index contributed by atoms with van der Waals surface area (Å²) in [7, 11) is 1.56. The number of aliphatic hydroxyl groups excluding tert-OH is 1. The maximum atomic E-state index is 12.2. The van der Waals surface area contributed by atoms with Gasteiger partial charge in [-0.3, -0.25) is 4.79 Å². The lowest BCUT2D eigenvalue weighted by Crippen LogP contribution is -2.53. The van der Waals surface area contributed by atoms with Crippen LogP contribution in [-0.2, 0) is 9.53 Å². The summed E-state index contributed by atoms with van der Waals surface area (Å²) < 4.78 is 5.29. The summed E-state index contributed by atoms with van der Waals surface area (Å²) in [4.78, 5) is 13.9. The summed E-state index contributed by atoms with van der Waals surface area (Å²) in [5.74, 6) is 0.267. The van der Waals surface area contributed by atoms with E-state index in [9.17, 15) is 9.90 Å². The molecule has 1 rings (SSSR count). The Bertz CT molecular complexity index is 251. The van der Waals surface area contributed by atoms with E-state index in [2.05, 4.69) is 0 Å². The Morgan fingerprint density at radius 2 is 2.25 bits per heavy atom. The van der Waals surface area contributed by atoms with Crippen LogP contribution in [0.15, 0.2) is 0 Å². The van der Waals surface area contributed by atoms with Crippen LogP contribution in [0.4, 0.5) is 0 Å². The molecular formula is C12H23NO3. The van der Waals surface area contributed by atoms with E-state index in [1.54, 1.807) is 18.9 Å². The molecule has 16 heavy (non-hydrogen) atoms. The molecule has 4 heteroatoms. The van der Waals surface area contributed by atoms with Crippen molar-refractivity contribution in [3.05, 3.63) is 0 Å². The number of likely N-dealkylation sites (tertiary alicyclic amines) is 1. The van der Waals surface area contributed by atoms with Crippen molar-refractivity contribution in [3.8, 4) is 0 Å². The normalized spacial score (nSPS) is 29.9. The number of β-amino-alcohol motifs (C(OH)–C–C–N with tert-alkyl or cyclic N) is 1. The highest BCUT2D eigenvalue weighted by Gasteiger charge is 2.37. The van der Waals surface area contributed by atoms with E-state index in [1.165, 1.54) is 0 Å². The summed E-state index contributed by atoms with van der Waals surface area (Å²) in [6.07, 6.45) is 1.09. The number of hydrogen-bond acceptors (Lipinski definition) is 3. The molecular weight excluding hydrogens is 206 g/mol. The molecule has 94 valence electrons. The lowest BCUT2D eigenvalue weighted by atomic mass is 9.93. The van der Waals surface area contributed by atoms with Crippen molar-refractivity contribution < 1.29 is 14.6 Å². The largest absolute Gasteiger partial charge is 0.391 e. The Morgan fingerprint density at radius 3 is 2.69 bits per heavy atom. The summed E-state index contributed by atoms with van der Waals surface area (Å²) in [5.41, 5.74) is -0.750. The van der Waals surface area contributed by atoms with Gasteiger partial charge in [0.15, 0.2) is 0 Å². The number of piperidine rings is 1. The molecule has 1 saturated heterocycles. The van der Waals surface area contributed by atoms with Gasteiger partial charge in [-0.15, -0.1) is 0 Å². The molecule has 1 fully saturated rings. The number of carbonyl (C=O) groups excluding carboxylic acids is 1. The van der Waals surface area contributed by atoms with Crippen molar-refractivity contribution in [2.75, 3.05) is 20.2 Å². The molecule has 3 unspecified atom stereocenters. The first-order valence-electron chi connectivity index (χ1n) is 5.97. The quantitative estimate of drug-likeness (QED) is 0.786. The fourth-order valence-electron chi connectivity index (χ4n) is 1.95. The highest BCUT2D eigenvalue weighted by molar-refractivity contribution is 5.85. The smallest absolute Gasteiger partial charge is 0.254 e. The Morgan fingerprint density at radius 1 is 1.62 bits per heavy atom. The summed E-state index contributed by atoms with van der Waals surface area (Å²) in [6.45, 7) is 6.90. The Kier molecular flexibility index (Phi) is 4.33. The molecule has 4 nitrogen and oxygen atoms in total. The van der Waals surface area contributed by atoms with E-state index in [0.29, 0.717) is 13.0 Å². The highest BCUT2D eigenvalue weighted by Crippen LogP contribution is 2.23. The Hall–Kier alpha value is -0.610. The van der Waals surface area contributed by atoms with Gasteiger partial charge in [0.2, 0.25) is 0 Å². The first-order chi connectivity index (χ1) is 7.44. The zero-order chi connectivity index (χ0) is 12.3. The number of aliphatic hydroxyl groups is 1. The molecule has 1 aliphatic heterocycles. The number of nitrogens with zero attached hydrogens (tertiary/aromatic N) is 1. The molecule has 1 heterocycles. The first kappa shape index (κ1) is 13.5. The first-order valence-corrected chi connectivity index (χ1v) is 5.97. The van der Waals surface area contributed by atoms with Crippen LogP contribution in [0.1, 0.15) is 33.6 Å². The lowest BCUT2D eigenvalue weighted by molar-refractivity contribution is -0.157. The van der Waals surface area contributed by atoms with E-state index in [4.69, 9.17) is 4.74 Å². The van der Waals surface area contributed by atoms with Gasteiger partial charge in [0, 0.05) is 20.2 Å². The molecule has 1 aliphatic rings. The molecule has 0 aromatic carbocycles. The van der Waals surface area contributed by atoms with Crippen molar-refractivity contribution in [3.63, 3.8) is 0 Å². The van der Waals surface area contributed by atoms with Gasteiger partial charge in [0.1, 0.15) is 5.60 Å². The number of rotatable bonds is 3. The van der Waals surface area contributed by atoms with E-state index >= 15 is 0 Å². The van der Waals surface area contributed by atoms with E-state index < -0.39 is 11.7 Å². The molecule has 0 radical (unpaired) electrons. The van der Waals surface area contributed by atoms with Crippen molar-refractivity contribution in [2.45, 2.75) is 45.3 Å². The molecule has 0 aromatic heterocycles. The third-order valence-electron chi connectivity index (χ3n) is 3.78. The molecule has 3 atom stereocenters. The predicted octanol–water partition coefficient (Wildman–Crippen LogP) is 1.03. The van der Waals surface area contributed by atoms with Crippen molar-refractivity contribution in [1.82, 2.24) is 4.90 Å². The molecule has 0 bridgehead atoms. The maximum Gasteiger partial charge on any atom is 0.254 e. The highest BCUT2D eigenvalue weighted by atomic mass is 16.5. The third kappa shape index (κ3) is 2.55. The maximum absolute atomic E-state index is 12.2. The minimum absolute atomic E-state index is 0.0107. The lowest BCUT2D eigenvalue weighted by Gasteiger charge is -2.39. The number of carbonyl (C=O) groups is 1. The fourth-order valence-corrected chi connectivity index (χ4v) is 1.95. The van der Waals surface area contributed by atoms with Crippen molar-refractivity contribution >= 4 is 5.91 Å². The van der Waals surface area contributed by atoms with Gasteiger partial charge in [0.25, 0.3) is 5.91 Å². The van der Waals surface area contributed by atoms with E-state index in [0.717, 1.165) is 13.0 Å². The molecule has 1 amide bonds. The minimum atomic E-state index is -0.750. The average Bonchev–Trinajstić information content (AvgIpc) is 2.30. The second kappa shape index (κ2) is 5.15. The number of hydrogen-bond donors (Lipinski definition) is 1. The van der Waals surface area contributed by atoms with Gasteiger partial charge < -0.3 is 14.7 Å². The standard InChI is InChI=1S/C12H23NO3/c1-5-12(3,16-4)11(15)13-7-6-9(2)10(14)8-13/h9-10,14H,5-8H2,1-4H3. The van der Waals surface area contributed by atoms with Crippen LogP contribution < -0.4 is 0 Å². The van der Waals surface area contributed by atoms with Gasteiger partial charge in [-0.1, -0.05) is 13.8 Å². The van der Waals surface area contributed by atoms with Crippen LogP contribution in [0, 0.1) is 5.92 Å². The van der Waals surface area contributed by atoms with Crippen LogP contribution in [0.25, 0.3) is 0 Å². The predicted molar refractivity (Wildman–Crippen MR) is 62.1 cm³/mol. The van der Waals surface area contributed by atoms with Crippen molar-refractivity contribution in [2.24, 2.45) is 5.92 Å². The summed E-state index contributed by atoms with van der Waals surface area (Å²) >= 11 is 0. The summed E-state index contributed by atoms with van der Waals surface area (Å²) in [6, 6.07) is 0. The van der Waals surface area contributed by atoms with E-state index in [1.807, 2.05) is 13.8 Å². The van der Waals surface area contributed by atoms with Crippen LogP contribution >= 0.6 is 0 Å². The number of ether oxygens (including phenoxy) is 1. The monoisotopic (exact) mass is 229 g/mol. The SMILES string of the molecule is CCC(C)(OC)C(=O)N1CCC(C)C(O)C1. The van der Waals surface area contributed by atoms with Crippen LogP contribution in [-0.4, -0.2) is 47.8 Å². The minimum Gasteiger partial charge on any atom is -0.391 e. The average molecular weight is 229 g/mol. The summed E-state index contributed by atoms with van der Waals surface area (Å²) in [5, 5.41) is 9.77. The van der Waals surface area contributed by atoms with E-state index in [-0.39, 0.29) is 11.8 Å².